The molecule has 1 aliphatic heterocycles. The first kappa shape index (κ1) is 16.8. The van der Waals surface area contributed by atoms with Gasteiger partial charge in [-0.15, -0.1) is 0 Å². The smallest absolute Gasteiger partial charge is 0.0643 e. The Hall–Kier alpha value is -1.06. The Morgan fingerprint density at radius 3 is 2.70 bits per heavy atom. The van der Waals surface area contributed by atoms with Crippen LogP contribution in [0.15, 0.2) is 42.5 Å². The van der Waals surface area contributed by atoms with Gasteiger partial charge in [0.2, 0.25) is 0 Å². The topological polar surface area (TPSA) is 15.3 Å². The van der Waals surface area contributed by atoms with Gasteiger partial charge in [0.25, 0.3) is 0 Å². The summed E-state index contributed by atoms with van der Waals surface area (Å²) >= 11 is 12.8. The lowest BCUT2D eigenvalue weighted by molar-refractivity contribution is 0.241. The molecule has 3 rings (SSSR count). The van der Waals surface area contributed by atoms with E-state index in [4.69, 9.17) is 23.2 Å². The van der Waals surface area contributed by atoms with Gasteiger partial charge in [-0.3, -0.25) is 4.90 Å². The lowest BCUT2D eigenvalue weighted by Crippen LogP contribution is -2.33. The van der Waals surface area contributed by atoms with Crippen molar-refractivity contribution in [2.24, 2.45) is 0 Å². The zero-order valence-corrected chi connectivity index (χ0v) is 14.9. The zero-order valence-electron chi connectivity index (χ0n) is 13.4. The summed E-state index contributed by atoms with van der Waals surface area (Å²) in [7, 11) is 0. The quantitative estimate of drug-likeness (QED) is 0.865. The molecule has 0 spiro atoms. The average molecular weight is 349 g/mol. The van der Waals surface area contributed by atoms with E-state index in [0.717, 1.165) is 38.2 Å². The van der Waals surface area contributed by atoms with Crippen LogP contribution in [0.1, 0.15) is 29.2 Å². The first-order valence-corrected chi connectivity index (χ1v) is 8.87. The van der Waals surface area contributed by atoms with E-state index in [1.165, 1.54) is 11.1 Å². The normalized spacial score (nSPS) is 17.7. The zero-order chi connectivity index (χ0) is 16.2. The molecule has 1 atom stereocenters. The van der Waals surface area contributed by atoms with Crippen molar-refractivity contribution in [1.29, 1.82) is 0 Å². The van der Waals surface area contributed by atoms with E-state index in [-0.39, 0.29) is 6.04 Å². The summed E-state index contributed by atoms with van der Waals surface area (Å²) < 4.78 is 0. The van der Waals surface area contributed by atoms with Crippen molar-refractivity contribution in [3.63, 3.8) is 0 Å². The molecule has 0 aromatic heterocycles. The minimum Gasteiger partial charge on any atom is -0.315 e. The largest absolute Gasteiger partial charge is 0.315 e. The molecule has 0 bridgehead atoms. The first-order chi connectivity index (χ1) is 11.2. The fourth-order valence-electron chi connectivity index (χ4n) is 3.28. The monoisotopic (exact) mass is 348 g/mol. The van der Waals surface area contributed by atoms with Crippen molar-refractivity contribution in [3.8, 4) is 0 Å². The molecule has 0 saturated carbocycles. The number of halogens is 2. The third-order valence-electron chi connectivity index (χ3n) is 4.37. The summed E-state index contributed by atoms with van der Waals surface area (Å²) in [4.78, 5) is 2.51. The van der Waals surface area contributed by atoms with Crippen LogP contribution < -0.4 is 5.32 Å². The predicted octanol–water partition coefficient (Wildman–Crippen LogP) is 4.69. The Morgan fingerprint density at radius 1 is 1.04 bits per heavy atom. The highest BCUT2D eigenvalue weighted by molar-refractivity contribution is 6.42. The van der Waals surface area contributed by atoms with E-state index in [1.54, 1.807) is 0 Å². The number of hydrogen-bond donors (Lipinski definition) is 1. The molecule has 1 heterocycles. The fraction of sp³-hybridized carbons (Fsp3) is 0.368. The molecule has 0 amide bonds. The maximum absolute atomic E-state index is 6.56. The van der Waals surface area contributed by atoms with Crippen LogP contribution in [0.3, 0.4) is 0 Å². The van der Waals surface area contributed by atoms with Gasteiger partial charge in [-0.05, 0) is 37.1 Å². The maximum atomic E-state index is 6.56. The molecule has 4 heteroatoms. The molecule has 2 aromatic carbocycles. The summed E-state index contributed by atoms with van der Waals surface area (Å²) in [5, 5.41) is 4.76. The molecule has 2 aromatic rings. The number of aryl methyl sites for hydroxylation is 1. The van der Waals surface area contributed by atoms with Gasteiger partial charge in [0, 0.05) is 19.6 Å². The summed E-state index contributed by atoms with van der Waals surface area (Å²) in [5.41, 5.74) is 3.63. The van der Waals surface area contributed by atoms with Crippen LogP contribution in [0, 0.1) is 6.92 Å². The highest BCUT2D eigenvalue weighted by Crippen LogP contribution is 2.37. The van der Waals surface area contributed by atoms with Gasteiger partial charge in [-0.2, -0.15) is 0 Å². The van der Waals surface area contributed by atoms with E-state index in [0.29, 0.717) is 10.0 Å². The van der Waals surface area contributed by atoms with Crippen LogP contribution in [0.25, 0.3) is 0 Å². The summed E-state index contributed by atoms with van der Waals surface area (Å²) in [5.74, 6) is 0. The van der Waals surface area contributed by atoms with Crippen LogP contribution >= 0.6 is 23.2 Å². The number of hydrogen-bond acceptors (Lipinski definition) is 2. The summed E-state index contributed by atoms with van der Waals surface area (Å²) in [6, 6.07) is 14.8. The van der Waals surface area contributed by atoms with Crippen molar-refractivity contribution >= 4 is 23.2 Å². The lowest BCUT2D eigenvalue weighted by atomic mass is 9.95. The van der Waals surface area contributed by atoms with Gasteiger partial charge in [-0.25, -0.2) is 0 Å². The van der Waals surface area contributed by atoms with E-state index in [9.17, 15) is 0 Å². The van der Waals surface area contributed by atoms with E-state index in [1.807, 2.05) is 12.1 Å². The van der Waals surface area contributed by atoms with Gasteiger partial charge >= 0.3 is 0 Å². The average Bonchev–Trinajstić information content (AvgIpc) is 2.81. The van der Waals surface area contributed by atoms with Gasteiger partial charge in [0.15, 0.2) is 0 Å². The molecule has 1 unspecified atom stereocenters. The van der Waals surface area contributed by atoms with Crippen molar-refractivity contribution < 1.29 is 0 Å². The SMILES string of the molecule is Cc1cccc(C(c2cccc(Cl)c2Cl)N2CCCNCC2)c1. The molecular weight excluding hydrogens is 327 g/mol. The highest BCUT2D eigenvalue weighted by Gasteiger charge is 2.25. The second-order valence-electron chi connectivity index (χ2n) is 6.10. The number of benzene rings is 2. The van der Waals surface area contributed by atoms with Gasteiger partial charge in [0.05, 0.1) is 16.1 Å². The van der Waals surface area contributed by atoms with Gasteiger partial charge in [-0.1, -0.05) is 65.2 Å². The Bertz CT molecular complexity index is 664. The lowest BCUT2D eigenvalue weighted by Gasteiger charge is -2.32. The van der Waals surface area contributed by atoms with Crippen molar-refractivity contribution in [2.45, 2.75) is 19.4 Å². The number of nitrogens with one attached hydrogen (secondary N) is 1. The minimum absolute atomic E-state index is 0.140. The molecule has 23 heavy (non-hydrogen) atoms. The Kier molecular flexibility index (Phi) is 5.60. The van der Waals surface area contributed by atoms with Crippen molar-refractivity contribution in [3.05, 3.63) is 69.2 Å². The highest BCUT2D eigenvalue weighted by atomic mass is 35.5. The Morgan fingerprint density at radius 2 is 1.87 bits per heavy atom. The second kappa shape index (κ2) is 7.67. The molecule has 1 fully saturated rings. The van der Waals surface area contributed by atoms with Crippen LogP contribution in [0.4, 0.5) is 0 Å². The third-order valence-corrected chi connectivity index (χ3v) is 5.21. The Labute approximate surface area is 148 Å². The molecule has 122 valence electrons. The number of rotatable bonds is 3. The van der Waals surface area contributed by atoms with Crippen LogP contribution in [-0.2, 0) is 0 Å². The molecule has 0 aliphatic carbocycles. The summed E-state index contributed by atoms with van der Waals surface area (Å²) in [6.07, 6.45) is 1.14. The maximum Gasteiger partial charge on any atom is 0.0643 e. The molecular formula is C19H22Cl2N2. The Balaban J connectivity index is 2.07. The number of nitrogens with zero attached hydrogens (tertiary/aromatic N) is 1. The van der Waals surface area contributed by atoms with Gasteiger partial charge in [0.1, 0.15) is 0 Å². The molecule has 2 nitrogen and oxygen atoms in total. The van der Waals surface area contributed by atoms with Crippen molar-refractivity contribution in [1.82, 2.24) is 10.2 Å². The molecule has 0 radical (unpaired) electrons. The molecule has 1 saturated heterocycles. The minimum atomic E-state index is 0.140. The van der Waals surface area contributed by atoms with E-state index in [2.05, 4.69) is 47.5 Å². The van der Waals surface area contributed by atoms with Crippen molar-refractivity contribution in [2.75, 3.05) is 26.2 Å². The van der Waals surface area contributed by atoms with Crippen LogP contribution in [0.5, 0.6) is 0 Å². The molecule has 1 N–H and O–H groups in total. The summed E-state index contributed by atoms with van der Waals surface area (Å²) in [6.45, 7) is 6.25. The van der Waals surface area contributed by atoms with Crippen LogP contribution in [-0.4, -0.2) is 31.1 Å². The predicted molar refractivity (Wildman–Crippen MR) is 98.5 cm³/mol. The van der Waals surface area contributed by atoms with Gasteiger partial charge < -0.3 is 5.32 Å². The molecule has 1 aliphatic rings. The standard InChI is InChI=1S/C19H22Cl2N2/c1-14-5-2-6-15(13-14)19(23-11-4-9-22-10-12-23)16-7-3-8-17(20)18(16)21/h2-3,5-8,13,19,22H,4,9-12H2,1H3. The van der Waals surface area contributed by atoms with Crippen LogP contribution in [0.2, 0.25) is 10.0 Å². The van der Waals surface area contributed by atoms with E-state index < -0.39 is 0 Å². The fourth-order valence-corrected chi connectivity index (χ4v) is 3.69. The third kappa shape index (κ3) is 3.89. The first-order valence-electron chi connectivity index (χ1n) is 8.12. The second-order valence-corrected chi connectivity index (χ2v) is 6.88. The van der Waals surface area contributed by atoms with E-state index >= 15 is 0 Å².